The molecule has 0 unspecified atom stereocenters. The van der Waals surface area contributed by atoms with Crippen LogP contribution in [0, 0.1) is 6.92 Å². The van der Waals surface area contributed by atoms with Crippen LogP contribution in [0.2, 0.25) is 0 Å². The van der Waals surface area contributed by atoms with Gasteiger partial charge in [0.25, 0.3) is 5.91 Å². The van der Waals surface area contributed by atoms with Crippen molar-refractivity contribution in [1.29, 1.82) is 0 Å². The first kappa shape index (κ1) is 22.7. The summed E-state index contributed by atoms with van der Waals surface area (Å²) in [6.45, 7) is 1.35. The van der Waals surface area contributed by atoms with Gasteiger partial charge in [-0.15, -0.1) is 0 Å². The molecule has 0 aliphatic carbocycles. The van der Waals surface area contributed by atoms with E-state index in [-0.39, 0.29) is 6.42 Å². The SMILES string of the molecule is COC(=O)c1ccc(C)c(NC(=O)COC(=O)CCc2cc(OC)cc(OC)c2)c1. The molecule has 30 heavy (non-hydrogen) atoms. The number of nitrogens with one attached hydrogen (secondary N) is 1. The Balaban J connectivity index is 1.87. The van der Waals surface area contributed by atoms with Crippen molar-refractivity contribution in [3.8, 4) is 11.5 Å². The predicted octanol–water partition coefficient (Wildman–Crippen LogP) is 2.91. The number of amides is 1. The van der Waals surface area contributed by atoms with Crippen molar-refractivity contribution in [2.24, 2.45) is 0 Å². The quantitative estimate of drug-likeness (QED) is 0.629. The van der Waals surface area contributed by atoms with Crippen LogP contribution in [0.3, 0.4) is 0 Å². The van der Waals surface area contributed by atoms with Gasteiger partial charge in [-0.2, -0.15) is 0 Å². The van der Waals surface area contributed by atoms with Crippen LogP contribution < -0.4 is 14.8 Å². The highest BCUT2D eigenvalue weighted by Crippen LogP contribution is 2.23. The molecule has 0 bridgehead atoms. The number of rotatable bonds is 9. The maximum Gasteiger partial charge on any atom is 0.337 e. The van der Waals surface area contributed by atoms with Crippen molar-refractivity contribution < 1.29 is 33.3 Å². The van der Waals surface area contributed by atoms with E-state index in [1.807, 2.05) is 0 Å². The lowest BCUT2D eigenvalue weighted by Crippen LogP contribution is -2.21. The zero-order valence-corrected chi connectivity index (χ0v) is 17.4. The Morgan fingerprint density at radius 1 is 0.933 bits per heavy atom. The third kappa shape index (κ3) is 6.51. The summed E-state index contributed by atoms with van der Waals surface area (Å²) in [6, 6.07) is 10.2. The van der Waals surface area contributed by atoms with E-state index >= 15 is 0 Å². The molecule has 0 heterocycles. The molecular formula is C22H25NO7. The minimum absolute atomic E-state index is 0.0977. The second-order valence-corrected chi connectivity index (χ2v) is 6.45. The molecule has 1 amide bonds. The molecule has 0 saturated heterocycles. The number of carbonyl (C=O) groups is 3. The van der Waals surface area contributed by atoms with Crippen LogP contribution in [0.5, 0.6) is 11.5 Å². The average Bonchev–Trinajstić information content (AvgIpc) is 2.76. The van der Waals surface area contributed by atoms with E-state index < -0.39 is 24.5 Å². The topological polar surface area (TPSA) is 100 Å². The van der Waals surface area contributed by atoms with E-state index in [1.165, 1.54) is 13.2 Å². The fourth-order valence-electron chi connectivity index (χ4n) is 2.66. The van der Waals surface area contributed by atoms with Gasteiger partial charge in [-0.3, -0.25) is 9.59 Å². The predicted molar refractivity (Wildman–Crippen MR) is 110 cm³/mol. The van der Waals surface area contributed by atoms with Crippen LogP contribution in [0.15, 0.2) is 36.4 Å². The van der Waals surface area contributed by atoms with Gasteiger partial charge in [-0.1, -0.05) is 6.07 Å². The van der Waals surface area contributed by atoms with Crippen molar-refractivity contribution >= 4 is 23.5 Å². The van der Waals surface area contributed by atoms with Gasteiger partial charge in [0, 0.05) is 18.2 Å². The summed E-state index contributed by atoms with van der Waals surface area (Å²) in [5.41, 5.74) is 2.36. The van der Waals surface area contributed by atoms with E-state index in [2.05, 4.69) is 10.1 Å². The molecular weight excluding hydrogens is 390 g/mol. The van der Waals surface area contributed by atoms with E-state index in [0.29, 0.717) is 29.2 Å². The molecule has 0 saturated carbocycles. The number of hydrogen-bond acceptors (Lipinski definition) is 7. The van der Waals surface area contributed by atoms with Gasteiger partial charge in [0.15, 0.2) is 6.61 Å². The first-order valence-corrected chi connectivity index (χ1v) is 9.22. The number of ether oxygens (including phenoxy) is 4. The monoisotopic (exact) mass is 415 g/mol. The number of anilines is 1. The largest absolute Gasteiger partial charge is 0.497 e. The van der Waals surface area contributed by atoms with Crippen LogP contribution in [0.25, 0.3) is 0 Å². The molecule has 0 fully saturated rings. The van der Waals surface area contributed by atoms with Gasteiger partial charge in [-0.25, -0.2) is 4.79 Å². The Labute approximate surface area is 175 Å². The molecule has 0 radical (unpaired) electrons. The molecule has 0 aliphatic rings. The van der Waals surface area contributed by atoms with Crippen molar-refractivity contribution in [3.63, 3.8) is 0 Å². The number of benzene rings is 2. The number of esters is 2. The lowest BCUT2D eigenvalue weighted by atomic mass is 10.1. The summed E-state index contributed by atoms with van der Waals surface area (Å²) in [4.78, 5) is 35.8. The maximum absolute atomic E-state index is 12.1. The van der Waals surface area contributed by atoms with Gasteiger partial charge in [0.2, 0.25) is 0 Å². The summed E-state index contributed by atoms with van der Waals surface area (Å²) >= 11 is 0. The Kier molecular flexibility index (Phi) is 8.22. The van der Waals surface area contributed by atoms with Gasteiger partial charge in [0.05, 0.1) is 26.9 Å². The van der Waals surface area contributed by atoms with Crippen molar-refractivity contribution in [2.45, 2.75) is 19.8 Å². The van der Waals surface area contributed by atoms with Gasteiger partial charge in [-0.05, 0) is 48.7 Å². The summed E-state index contributed by atoms with van der Waals surface area (Å²) in [5, 5.41) is 2.63. The lowest BCUT2D eigenvalue weighted by molar-refractivity contribution is -0.147. The number of hydrogen-bond donors (Lipinski definition) is 1. The van der Waals surface area contributed by atoms with Crippen LogP contribution in [-0.2, 0) is 25.5 Å². The van der Waals surface area contributed by atoms with Crippen LogP contribution >= 0.6 is 0 Å². The number of carbonyl (C=O) groups excluding carboxylic acids is 3. The molecule has 0 aliphatic heterocycles. The fraction of sp³-hybridized carbons (Fsp3) is 0.318. The first-order chi connectivity index (χ1) is 14.4. The number of methoxy groups -OCH3 is 3. The van der Waals surface area contributed by atoms with Crippen molar-refractivity contribution in [3.05, 3.63) is 53.1 Å². The molecule has 8 nitrogen and oxygen atoms in total. The van der Waals surface area contributed by atoms with Gasteiger partial charge in [0.1, 0.15) is 11.5 Å². The molecule has 2 aromatic rings. The smallest absolute Gasteiger partial charge is 0.337 e. The van der Waals surface area contributed by atoms with Gasteiger partial charge >= 0.3 is 11.9 Å². The van der Waals surface area contributed by atoms with E-state index in [1.54, 1.807) is 51.5 Å². The molecule has 2 rings (SSSR count). The van der Waals surface area contributed by atoms with E-state index in [4.69, 9.17) is 14.2 Å². The van der Waals surface area contributed by atoms with Crippen LogP contribution in [0.1, 0.15) is 27.9 Å². The average molecular weight is 415 g/mol. The third-order valence-corrected chi connectivity index (χ3v) is 4.33. The minimum atomic E-state index is -0.508. The van der Waals surface area contributed by atoms with Crippen LogP contribution in [-0.4, -0.2) is 45.8 Å². The standard InChI is InChI=1S/C22H25NO7/c1-14-5-7-16(22(26)29-4)11-19(14)23-20(24)13-30-21(25)8-6-15-9-17(27-2)12-18(10-15)28-3/h5,7,9-12H,6,8,13H2,1-4H3,(H,23,24). The Hall–Kier alpha value is -3.55. The van der Waals surface area contributed by atoms with E-state index in [0.717, 1.165) is 11.1 Å². The first-order valence-electron chi connectivity index (χ1n) is 9.22. The van der Waals surface area contributed by atoms with Crippen molar-refractivity contribution in [2.75, 3.05) is 33.3 Å². The molecule has 0 aromatic heterocycles. The second-order valence-electron chi connectivity index (χ2n) is 6.45. The lowest BCUT2D eigenvalue weighted by Gasteiger charge is -2.11. The molecule has 0 atom stereocenters. The second kappa shape index (κ2) is 10.8. The molecule has 160 valence electrons. The molecule has 1 N–H and O–H groups in total. The highest BCUT2D eigenvalue weighted by Gasteiger charge is 2.13. The summed E-state index contributed by atoms with van der Waals surface area (Å²) in [6.07, 6.45) is 0.509. The number of aryl methyl sites for hydroxylation is 2. The highest BCUT2D eigenvalue weighted by molar-refractivity contribution is 5.96. The normalized spacial score (nSPS) is 10.1. The molecule has 2 aromatic carbocycles. The Morgan fingerprint density at radius 3 is 2.20 bits per heavy atom. The zero-order valence-electron chi connectivity index (χ0n) is 17.4. The maximum atomic E-state index is 12.1. The third-order valence-electron chi connectivity index (χ3n) is 4.33. The van der Waals surface area contributed by atoms with Gasteiger partial charge < -0.3 is 24.3 Å². The van der Waals surface area contributed by atoms with Crippen LogP contribution in [0.4, 0.5) is 5.69 Å². The minimum Gasteiger partial charge on any atom is -0.497 e. The summed E-state index contributed by atoms with van der Waals surface area (Å²) in [5.74, 6) is -0.266. The summed E-state index contributed by atoms with van der Waals surface area (Å²) in [7, 11) is 4.38. The Morgan fingerprint density at radius 2 is 1.60 bits per heavy atom. The zero-order chi connectivity index (χ0) is 22.1. The molecule has 0 spiro atoms. The van der Waals surface area contributed by atoms with E-state index in [9.17, 15) is 14.4 Å². The fourth-order valence-corrected chi connectivity index (χ4v) is 2.66. The highest BCUT2D eigenvalue weighted by atomic mass is 16.5. The molecule has 8 heteroatoms. The Bertz CT molecular complexity index is 901. The van der Waals surface area contributed by atoms with Crippen molar-refractivity contribution in [1.82, 2.24) is 0 Å². The summed E-state index contributed by atoms with van der Waals surface area (Å²) < 4.78 is 20.1.